The second kappa shape index (κ2) is 2.67. The smallest absolute Gasteiger partial charge is 0.00765 e. The highest BCUT2D eigenvalue weighted by Gasteiger charge is 2.08. The zero-order valence-electron chi connectivity index (χ0n) is 6.32. The maximum absolute atomic E-state index is 3.95. The van der Waals surface area contributed by atoms with Gasteiger partial charge < -0.3 is 0 Å². The van der Waals surface area contributed by atoms with E-state index in [0.717, 1.165) is 0 Å². The minimum Gasteiger partial charge on any atom is -0.196 e. The fraction of sp³-hybridized carbons (Fsp3) is 0.857. The predicted molar refractivity (Wildman–Crippen MR) is 45.0 cm³/mol. The van der Waals surface area contributed by atoms with Gasteiger partial charge >= 0.3 is 0 Å². The van der Waals surface area contributed by atoms with Crippen molar-refractivity contribution in [3.63, 3.8) is 0 Å². The summed E-state index contributed by atoms with van der Waals surface area (Å²) in [5.41, 5.74) is 0.472. The quantitative estimate of drug-likeness (QED) is 0.480. The lowest BCUT2D eigenvalue weighted by Gasteiger charge is -2.17. The third-order valence-corrected chi connectivity index (χ3v) is 2.04. The zero-order chi connectivity index (χ0) is 6.78. The molecule has 0 aliphatic carbocycles. The Balaban J connectivity index is 3.55. The molecule has 0 radical (unpaired) electrons. The lowest BCUT2D eigenvalue weighted by atomic mass is 10.0. The first-order valence-corrected chi connectivity index (χ1v) is 4.81. The van der Waals surface area contributed by atoms with Crippen molar-refractivity contribution in [3.05, 3.63) is 0 Å². The maximum atomic E-state index is 3.95. The fourth-order valence-corrected chi connectivity index (χ4v) is 2.22. The third kappa shape index (κ3) is 6.22. The highest BCUT2D eigenvalue weighted by Crippen LogP contribution is 2.21. The van der Waals surface area contributed by atoms with Crippen molar-refractivity contribution >= 4 is 16.4 Å². The van der Waals surface area contributed by atoms with Gasteiger partial charge in [-0.05, 0) is 17.4 Å². The molecule has 8 heavy (non-hydrogen) atoms. The molecule has 0 aromatic rings. The predicted octanol–water partition coefficient (Wildman–Crippen LogP) is 2.36. The van der Waals surface area contributed by atoms with Gasteiger partial charge in [0.2, 0.25) is 0 Å². The molecule has 0 aromatic heterocycles. The van der Waals surface area contributed by atoms with E-state index in [1.165, 1.54) is 5.75 Å². The van der Waals surface area contributed by atoms with Crippen LogP contribution in [-0.2, 0) is 0 Å². The molecule has 0 amide bonds. The fourth-order valence-electron chi connectivity index (χ4n) is 0.739. The minimum absolute atomic E-state index is 0.365. The summed E-state index contributed by atoms with van der Waals surface area (Å²) in [5, 5.41) is 0. The average Bonchev–Trinajstić information content (AvgIpc) is 1.21. The Labute approximate surface area is 55.2 Å². The monoisotopic (exact) mass is 132 g/mol. The van der Waals surface area contributed by atoms with Crippen LogP contribution in [0.15, 0.2) is 0 Å². The van der Waals surface area contributed by atoms with Crippen LogP contribution in [0.1, 0.15) is 20.8 Å². The molecule has 0 aliphatic rings. The number of rotatable bonds is 1. The lowest BCUT2D eigenvalue weighted by molar-refractivity contribution is 0.481. The van der Waals surface area contributed by atoms with E-state index < -0.39 is 0 Å². The lowest BCUT2D eigenvalue weighted by Crippen LogP contribution is -2.08. The van der Waals surface area contributed by atoms with Crippen molar-refractivity contribution in [3.8, 4) is 0 Å². The minimum atomic E-state index is 0.365. The van der Waals surface area contributed by atoms with Crippen molar-refractivity contribution in [2.45, 2.75) is 20.8 Å². The molecule has 0 heterocycles. The topological polar surface area (TPSA) is 0 Å². The standard InChI is InChI=1S/C7H16S/c1-7(2,3)6-8(4)5/h4,6H2,1-3,5H3. The Morgan fingerprint density at radius 3 is 1.75 bits per heavy atom. The van der Waals surface area contributed by atoms with E-state index in [1.807, 2.05) is 0 Å². The van der Waals surface area contributed by atoms with Gasteiger partial charge in [-0.25, -0.2) is 0 Å². The van der Waals surface area contributed by atoms with Crippen molar-refractivity contribution in [1.29, 1.82) is 0 Å². The van der Waals surface area contributed by atoms with Crippen LogP contribution >= 0.6 is 10.5 Å². The molecule has 1 heteroatoms. The number of hydrogen-bond acceptors (Lipinski definition) is 0. The molecule has 1 atom stereocenters. The van der Waals surface area contributed by atoms with Gasteiger partial charge in [-0.1, -0.05) is 26.6 Å². The first-order chi connectivity index (χ1) is 3.42. The van der Waals surface area contributed by atoms with E-state index in [1.54, 1.807) is 0 Å². The Bertz CT molecular complexity index is 87.1. The molecular weight excluding hydrogens is 116 g/mol. The van der Waals surface area contributed by atoms with Crippen LogP contribution in [0.25, 0.3) is 0 Å². The van der Waals surface area contributed by atoms with Gasteiger partial charge in [-0.15, -0.1) is 0 Å². The van der Waals surface area contributed by atoms with Crippen LogP contribution in [0.4, 0.5) is 0 Å². The Morgan fingerprint density at radius 2 is 1.75 bits per heavy atom. The summed E-state index contributed by atoms with van der Waals surface area (Å²) in [7, 11) is 0.365. The highest BCUT2D eigenvalue weighted by atomic mass is 32.2. The molecule has 0 N–H and O–H groups in total. The first-order valence-electron chi connectivity index (χ1n) is 2.84. The second-order valence-electron chi connectivity index (χ2n) is 3.49. The van der Waals surface area contributed by atoms with Gasteiger partial charge in [0.15, 0.2) is 0 Å². The molecule has 0 bridgehead atoms. The SMILES string of the molecule is C=S(C)CC(C)(C)C. The summed E-state index contributed by atoms with van der Waals surface area (Å²) in [6.45, 7) is 6.76. The van der Waals surface area contributed by atoms with Gasteiger partial charge in [0.25, 0.3) is 0 Å². The zero-order valence-corrected chi connectivity index (χ0v) is 7.14. The van der Waals surface area contributed by atoms with E-state index in [2.05, 4.69) is 32.9 Å². The van der Waals surface area contributed by atoms with Crippen LogP contribution in [0.2, 0.25) is 0 Å². The average molecular weight is 132 g/mol. The van der Waals surface area contributed by atoms with Crippen molar-refractivity contribution in [2.24, 2.45) is 5.41 Å². The number of hydrogen-bond donors (Lipinski definition) is 0. The van der Waals surface area contributed by atoms with Gasteiger partial charge in [0.1, 0.15) is 0 Å². The summed E-state index contributed by atoms with van der Waals surface area (Å²) in [6.07, 6.45) is 2.19. The molecule has 0 saturated carbocycles. The molecule has 1 unspecified atom stereocenters. The first kappa shape index (κ1) is 8.22. The van der Waals surface area contributed by atoms with E-state index in [9.17, 15) is 0 Å². The molecule has 0 nitrogen and oxygen atoms in total. The van der Waals surface area contributed by atoms with E-state index in [4.69, 9.17) is 0 Å². The Kier molecular flexibility index (Phi) is 2.75. The van der Waals surface area contributed by atoms with Crippen molar-refractivity contribution in [1.82, 2.24) is 0 Å². The molecule has 0 spiro atoms. The molecule has 0 saturated heterocycles. The van der Waals surface area contributed by atoms with Crippen LogP contribution in [-0.4, -0.2) is 17.9 Å². The molecule has 0 rings (SSSR count). The molecule has 50 valence electrons. The van der Waals surface area contributed by atoms with Gasteiger partial charge in [0, 0.05) is 0 Å². The summed E-state index contributed by atoms with van der Waals surface area (Å²) < 4.78 is 0. The van der Waals surface area contributed by atoms with E-state index in [0.29, 0.717) is 15.9 Å². The van der Waals surface area contributed by atoms with Crippen LogP contribution in [0.3, 0.4) is 0 Å². The largest absolute Gasteiger partial charge is 0.196 e. The summed E-state index contributed by atoms with van der Waals surface area (Å²) in [5.74, 6) is 5.19. The summed E-state index contributed by atoms with van der Waals surface area (Å²) in [4.78, 5) is 0. The van der Waals surface area contributed by atoms with Gasteiger partial charge in [-0.2, -0.15) is 10.5 Å². The Morgan fingerprint density at radius 1 is 1.38 bits per heavy atom. The molecule has 0 aliphatic heterocycles. The maximum Gasteiger partial charge on any atom is -0.00765 e. The summed E-state index contributed by atoms with van der Waals surface area (Å²) >= 11 is 0. The second-order valence-corrected chi connectivity index (χ2v) is 5.34. The van der Waals surface area contributed by atoms with E-state index >= 15 is 0 Å². The molecule has 0 fully saturated rings. The van der Waals surface area contributed by atoms with Crippen LogP contribution < -0.4 is 0 Å². The third-order valence-electron chi connectivity index (χ3n) is 0.679. The molecular formula is C7H16S. The van der Waals surface area contributed by atoms with Crippen molar-refractivity contribution < 1.29 is 0 Å². The highest BCUT2D eigenvalue weighted by molar-refractivity contribution is 8.13. The molecule has 0 aromatic carbocycles. The van der Waals surface area contributed by atoms with Crippen LogP contribution in [0, 0.1) is 5.41 Å². The van der Waals surface area contributed by atoms with Crippen molar-refractivity contribution in [2.75, 3.05) is 12.0 Å². The van der Waals surface area contributed by atoms with Gasteiger partial charge in [0.05, 0.1) is 0 Å². The summed E-state index contributed by atoms with van der Waals surface area (Å²) in [6, 6.07) is 0. The van der Waals surface area contributed by atoms with E-state index in [-0.39, 0.29) is 0 Å². The normalized spacial score (nSPS) is 16.0. The Hall–Kier alpha value is 0.220. The van der Waals surface area contributed by atoms with Gasteiger partial charge in [-0.3, -0.25) is 0 Å². The van der Waals surface area contributed by atoms with Crippen LogP contribution in [0.5, 0.6) is 0 Å².